The Hall–Kier alpha value is -0.330. The van der Waals surface area contributed by atoms with E-state index in [0.717, 1.165) is 23.5 Å². The van der Waals surface area contributed by atoms with E-state index in [1.54, 1.807) is 25.7 Å². The van der Waals surface area contributed by atoms with Gasteiger partial charge in [-0.2, -0.15) is 0 Å². The van der Waals surface area contributed by atoms with Crippen LogP contribution in [0, 0.1) is 17.3 Å². The molecule has 2 saturated carbocycles. The summed E-state index contributed by atoms with van der Waals surface area (Å²) in [5, 5.41) is 0. The summed E-state index contributed by atoms with van der Waals surface area (Å²) in [7, 11) is 0. The lowest BCUT2D eigenvalue weighted by atomic mass is 9.62. The molecule has 2 aliphatic rings. The second-order valence-electron chi connectivity index (χ2n) is 6.44. The molecule has 0 atom stereocenters. The average molecular weight is 299 g/mol. The molecule has 128 valence electrons. The van der Waals surface area contributed by atoms with Crippen molar-refractivity contribution in [2.45, 2.75) is 106 Å². The predicted molar refractivity (Wildman–Crippen MR) is 96.7 cm³/mol. The Morgan fingerprint density at radius 3 is 1.24 bits per heavy atom. The lowest BCUT2D eigenvalue weighted by Crippen LogP contribution is -2.30. The lowest BCUT2D eigenvalue weighted by molar-refractivity contribution is -0.107. The Morgan fingerprint density at radius 1 is 0.810 bits per heavy atom. The van der Waals surface area contributed by atoms with E-state index in [1.165, 1.54) is 25.7 Å². The van der Waals surface area contributed by atoms with E-state index in [9.17, 15) is 4.79 Å². The van der Waals surface area contributed by atoms with Gasteiger partial charge in [-0.3, -0.25) is 0 Å². The molecule has 0 N–H and O–H groups in total. The summed E-state index contributed by atoms with van der Waals surface area (Å²) in [5.41, 5.74) is 0.818. The minimum Gasteiger partial charge on any atom is -0.303 e. The van der Waals surface area contributed by atoms with Crippen LogP contribution in [-0.4, -0.2) is 6.29 Å². The molecule has 0 radical (unpaired) electrons. The zero-order chi connectivity index (χ0) is 16.7. The van der Waals surface area contributed by atoms with Crippen molar-refractivity contribution < 1.29 is 4.79 Å². The molecule has 0 amide bonds. The van der Waals surface area contributed by atoms with Crippen molar-refractivity contribution in [1.29, 1.82) is 0 Å². The first-order valence-electron chi connectivity index (χ1n) is 9.55. The fraction of sp³-hybridized carbons (Fsp3) is 0.950. The summed E-state index contributed by atoms with van der Waals surface area (Å²) >= 11 is 0. The van der Waals surface area contributed by atoms with Gasteiger partial charge in [0.05, 0.1) is 0 Å². The van der Waals surface area contributed by atoms with Crippen LogP contribution in [0.5, 0.6) is 0 Å². The molecule has 2 rings (SSSR count). The summed E-state index contributed by atoms with van der Waals surface area (Å²) < 4.78 is 0. The molecular formula is C20H42O. The second kappa shape index (κ2) is 14.6. The van der Waals surface area contributed by atoms with Crippen LogP contribution in [0.3, 0.4) is 0 Å². The van der Waals surface area contributed by atoms with Gasteiger partial charge in [-0.05, 0) is 42.9 Å². The highest BCUT2D eigenvalue weighted by Gasteiger charge is 2.36. The van der Waals surface area contributed by atoms with Crippen LogP contribution in [0.25, 0.3) is 0 Å². The normalized spacial score (nSPS) is 30.6. The van der Waals surface area contributed by atoms with E-state index in [2.05, 4.69) is 13.8 Å². The van der Waals surface area contributed by atoms with Gasteiger partial charge in [-0.15, -0.1) is 0 Å². The molecule has 0 aliphatic heterocycles. The molecule has 0 aromatic heterocycles. The molecule has 0 aromatic rings. The van der Waals surface area contributed by atoms with Crippen LogP contribution >= 0.6 is 0 Å². The number of rotatable bonds is 1. The maximum Gasteiger partial charge on any atom is 0.119 e. The van der Waals surface area contributed by atoms with Gasteiger partial charge >= 0.3 is 0 Å². The Balaban J connectivity index is 0. The van der Waals surface area contributed by atoms with Gasteiger partial charge in [0.25, 0.3) is 0 Å². The molecule has 1 heteroatoms. The van der Waals surface area contributed by atoms with Crippen LogP contribution in [0.15, 0.2) is 0 Å². The smallest absolute Gasteiger partial charge is 0.119 e. The van der Waals surface area contributed by atoms with Crippen LogP contribution in [0.1, 0.15) is 106 Å². The Bertz CT molecular complexity index is 182. The largest absolute Gasteiger partial charge is 0.303 e. The summed E-state index contributed by atoms with van der Waals surface area (Å²) in [4.78, 5) is 9.17. The summed E-state index contributed by atoms with van der Waals surface area (Å²) in [6, 6.07) is 0. The molecule has 0 saturated heterocycles. The minimum absolute atomic E-state index is 0.639. The number of aldehydes is 1. The van der Waals surface area contributed by atoms with Gasteiger partial charge in [0.2, 0.25) is 0 Å². The van der Waals surface area contributed by atoms with Crippen molar-refractivity contribution in [3.63, 3.8) is 0 Å². The fourth-order valence-electron chi connectivity index (χ4n) is 3.25. The highest BCUT2D eigenvalue weighted by molar-refractivity contribution is 5.48. The number of hydrogen-bond donors (Lipinski definition) is 0. The van der Waals surface area contributed by atoms with Gasteiger partial charge in [-0.1, -0.05) is 74.1 Å². The first-order chi connectivity index (χ1) is 10.1. The highest BCUT2D eigenvalue weighted by atomic mass is 16.1. The van der Waals surface area contributed by atoms with Gasteiger partial charge < -0.3 is 4.79 Å². The third kappa shape index (κ3) is 10.1. The number of hydrogen-bond acceptors (Lipinski definition) is 1. The summed E-state index contributed by atoms with van der Waals surface area (Å²) in [6.07, 6.45) is 13.7. The standard InChI is InChI=1S/C13H24.C3H6O.2C2H6/c1-11-3-7-13(8-4-11)9-5-12(2)6-10-13;1-2-3-4;2*1-2/h11-12H,3-10H2,1-2H3;3H,2H2,1H3;2*1-2H3. The Morgan fingerprint density at radius 2 is 1.05 bits per heavy atom. The van der Waals surface area contributed by atoms with Crippen molar-refractivity contribution in [3.05, 3.63) is 0 Å². The van der Waals surface area contributed by atoms with E-state index in [4.69, 9.17) is 0 Å². The fourth-order valence-corrected chi connectivity index (χ4v) is 3.25. The summed E-state index contributed by atoms with van der Waals surface area (Å²) in [5.74, 6) is 2.04. The monoisotopic (exact) mass is 298 g/mol. The maximum atomic E-state index is 9.17. The maximum absolute atomic E-state index is 9.17. The molecule has 0 unspecified atom stereocenters. The van der Waals surface area contributed by atoms with Crippen LogP contribution in [0.4, 0.5) is 0 Å². The van der Waals surface area contributed by atoms with E-state index in [-0.39, 0.29) is 0 Å². The average Bonchev–Trinajstić information content (AvgIpc) is 2.57. The van der Waals surface area contributed by atoms with Crippen molar-refractivity contribution in [3.8, 4) is 0 Å². The molecule has 0 aromatic carbocycles. The van der Waals surface area contributed by atoms with E-state index in [0.29, 0.717) is 6.42 Å². The quantitative estimate of drug-likeness (QED) is 0.474. The Labute approximate surface area is 135 Å². The molecule has 0 bridgehead atoms. The van der Waals surface area contributed by atoms with Crippen molar-refractivity contribution in [2.24, 2.45) is 17.3 Å². The summed E-state index contributed by atoms with van der Waals surface area (Å²) in [6.45, 7) is 14.7. The molecule has 1 nitrogen and oxygen atoms in total. The molecule has 0 heterocycles. The van der Waals surface area contributed by atoms with Crippen LogP contribution in [-0.2, 0) is 4.79 Å². The SMILES string of the molecule is CC.CC.CC1CCC2(CC1)CCC(C)CC2.CCC=O. The van der Waals surface area contributed by atoms with Crippen LogP contribution in [0.2, 0.25) is 0 Å². The van der Waals surface area contributed by atoms with Crippen molar-refractivity contribution in [2.75, 3.05) is 0 Å². The molecular weight excluding hydrogens is 256 g/mol. The lowest BCUT2D eigenvalue weighted by Gasteiger charge is -2.44. The first kappa shape index (κ1) is 22.9. The zero-order valence-corrected chi connectivity index (χ0v) is 16.0. The third-order valence-electron chi connectivity index (χ3n) is 4.84. The van der Waals surface area contributed by atoms with Gasteiger partial charge in [0.15, 0.2) is 0 Å². The van der Waals surface area contributed by atoms with Crippen molar-refractivity contribution >= 4 is 6.29 Å². The minimum atomic E-state index is 0.639. The van der Waals surface area contributed by atoms with Gasteiger partial charge in [0, 0.05) is 6.42 Å². The highest BCUT2D eigenvalue weighted by Crippen LogP contribution is 2.49. The zero-order valence-electron chi connectivity index (χ0n) is 16.0. The topological polar surface area (TPSA) is 17.1 Å². The van der Waals surface area contributed by atoms with Crippen LogP contribution < -0.4 is 0 Å². The predicted octanol–water partition coefficient (Wildman–Crippen LogP) is 7.04. The van der Waals surface area contributed by atoms with Crippen molar-refractivity contribution in [1.82, 2.24) is 0 Å². The van der Waals surface area contributed by atoms with E-state index >= 15 is 0 Å². The molecule has 21 heavy (non-hydrogen) atoms. The Kier molecular flexibility index (Phi) is 16.0. The van der Waals surface area contributed by atoms with Gasteiger partial charge in [-0.25, -0.2) is 0 Å². The molecule has 1 spiro atoms. The third-order valence-corrected chi connectivity index (χ3v) is 4.84. The first-order valence-corrected chi connectivity index (χ1v) is 9.55. The van der Waals surface area contributed by atoms with Gasteiger partial charge in [0.1, 0.15) is 6.29 Å². The number of carbonyl (C=O) groups excluding carboxylic acids is 1. The number of carbonyl (C=O) groups is 1. The second-order valence-corrected chi connectivity index (χ2v) is 6.44. The van der Waals surface area contributed by atoms with E-state index in [1.807, 2.05) is 34.6 Å². The molecule has 2 fully saturated rings. The molecule has 2 aliphatic carbocycles. The van der Waals surface area contributed by atoms with E-state index < -0.39 is 0 Å².